The van der Waals surface area contributed by atoms with Crippen LogP contribution in [0.1, 0.15) is 19.3 Å². The number of carbonyl (C=O) groups excluding carboxylic acids is 1. The Morgan fingerprint density at radius 3 is 2.47 bits per heavy atom. The standard InChI is InChI=1S/C10H13F3N2O2/c11-10(12,13)1-4-15-8(16)9(7-14)2-5-17-6-3-9/h1-6H2,(H,15,16). The maximum absolute atomic E-state index is 11.9. The first-order valence-electron chi connectivity index (χ1n) is 5.24. The molecule has 0 aromatic rings. The van der Waals surface area contributed by atoms with Gasteiger partial charge in [-0.3, -0.25) is 4.79 Å². The van der Waals surface area contributed by atoms with E-state index in [2.05, 4.69) is 5.32 Å². The fourth-order valence-corrected chi connectivity index (χ4v) is 1.60. The molecule has 1 aliphatic rings. The van der Waals surface area contributed by atoms with Crippen LogP contribution in [0.3, 0.4) is 0 Å². The number of hydrogen-bond acceptors (Lipinski definition) is 3. The van der Waals surface area contributed by atoms with Gasteiger partial charge in [-0.1, -0.05) is 0 Å². The Kier molecular flexibility index (Phi) is 4.34. The first-order valence-corrected chi connectivity index (χ1v) is 5.24. The largest absolute Gasteiger partial charge is 0.390 e. The van der Waals surface area contributed by atoms with Crippen molar-refractivity contribution in [1.29, 1.82) is 5.26 Å². The number of nitriles is 1. The zero-order valence-corrected chi connectivity index (χ0v) is 9.14. The summed E-state index contributed by atoms with van der Waals surface area (Å²) in [7, 11) is 0. The van der Waals surface area contributed by atoms with Gasteiger partial charge in [0.1, 0.15) is 5.41 Å². The van der Waals surface area contributed by atoms with Crippen molar-refractivity contribution in [3.63, 3.8) is 0 Å². The van der Waals surface area contributed by atoms with Crippen LogP contribution in [0.15, 0.2) is 0 Å². The number of alkyl halides is 3. The molecule has 0 saturated carbocycles. The van der Waals surface area contributed by atoms with Crippen LogP contribution in [0.5, 0.6) is 0 Å². The maximum atomic E-state index is 11.9. The molecule has 1 fully saturated rings. The number of carbonyl (C=O) groups is 1. The van der Waals surface area contributed by atoms with Crippen LogP contribution in [-0.4, -0.2) is 31.8 Å². The summed E-state index contributed by atoms with van der Waals surface area (Å²) in [6, 6.07) is 1.89. The minimum absolute atomic E-state index is 0.224. The SMILES string of the molecule is N#CC1(C(=O)NCCC(F)(F)F)CCOCC1. The Bertz CT molecular complexity index is 316. The van der Waals surface area contributed by atoms with E-state index in [1.165, 1.54) is 0 Å². The highest BCUT2D eigenvalue weighted by molar-refractivity contribution is 5.85. The molecule has 17 heavy (non-hydrogen) atoms. The molecule has 4 nitrogen and oxygen atoms in total. The number of rotatable bonds is 3. The van der Waals surface area contributed by atoms with Gasteiger partial charge in [-0.05, 0) is 12.8 Å². The van der Waals surface area contributed by atoms with Crippen LogP contribution in [-0.2, 0) is 9.53 Å². The molecule has 0 aromatic heterocycles. The highest BCUT2D eigenvalue weighted by Crippen LogP contribution is 2.30. The Morgan fingerprint density at radius 2 is 2.00 bits per heavy atom. The van der Waals surface area contributed by atoms with Crippen LogP contribution < -0.4 is 5.32 Å². The third kappa shape index (κ3) is 3.89. The predicted molar refractivity (Wildman–Crippen MR) is 51.8 cm³/mol. The molecule has 1 aliphatic heterocycles. The van der Waals surface area contributed by atoms with Gasteiger partial charge in [0, 0.05) is 19.8 Å². The van der Waals surface area contributed by atoms with Gasteiger partial charge in [0.05, 0.1) is 12.5 Å². The average Bonchev–Trinajstić information content (AvgIpc) is 2.28. The van der Waals surface area contributed by atoms with Crippen molar-refractivity contribution in [1.82, 2.24) is 5.32 Å². The van der Waals surface area contributed by atoms with E-state index in [0.717, 1.165) is 0 Å². The van der Waals surface area contributed by atoms with Gasteiger partial charge in [0.25, 0.3) is 0 Å². The van der Waals surface area contributed by atoms with Gasteiger partial charge in [-0.25, -0.2) is 0 Å². The van der Waals surface area contributed by atoms with Gasteiger partial charge in [0.15, 0.2) is 0 Å². The first-order chi connectivity index (χ1) is 7.90. The molecule has 96 valence electrons. The zero-order valence-electron chi connectivity index (χ0n) is 9.14. The Hall–Kier alpha value is -1.29. The normalized spacial score (nSPS) is 19.4. The lowest BCUT2D eigenvalue weighted by molar-refractivity contribution is -0.139. The highest BCUT2D eigenvalue weighted by atomic mass is 19.4. The molecule has 7 heteroatoms. The second-order valence-corrected chi connectivity index (χ2v) is 3.93. The third-order valence-electron chi connectivity index (χ3n) is 2.69. The van der Waals surface area contributed by atoms with Crippen molar-refractivity contribution in [2.24, 2.45) is 5.41 Å². The van der Waals surface area contributed by atoms with Crippen molar-refractivity contribution in [2.45, 2.75) is 25.4 Å². The summed E-state index contributed by atoms with van der Waals surface area (Å²) in [5.41, 5.74) is -1.23. The van der Waals surface area contributed by atoms with Crippen LogP contribution >= 0.6 is 0 Å². The molecular formula is C10H13F3N2O2. The zero-order chi connectivity index (χ0) is 12.9. The van der Waals surface area contributed by atoms with Crippen LogP contribution in [0, 0.1) is 16.7 Å². The fraction of sp³-hybridized carbons (Fsp3) is 0.800. The van der Waals surface area contributed by atoms with Crippen molar-refractivity contribution >= 4 is 5.91 Å². The summed E-state index contributed by atoms with van der Waals surface area (Å²) in [5.74, 6) is -0.632. The molecule has 0 unspecified atom stereocenters. The molecule has 0 radical (unpaired) electrons. The van der Waals surface area contributed by atoms with Gasteiger partial charge in [0.2, 0.25) is 5.91 Å². The highest BCUT2D eigenvalue weighted by Gasteiger charge is 2.40. The summed E-state index contributed by atoms with van der Waals surface area (Å²) in [6.07, 6.45) is -4.94. The molecule has 0 atom stereocenters. The van der Waals surface area contributed by atoms with Crippen molar-refractivity contribution in [3.8, 4) is 6.07 Å². The topological polar surface area (TPSA) is 62.1 Å². The van der Waals surface area contributed by atoms with Crippen molar-refractivity contribution < 1.29 is 22.7 Å². The van der Waals surface area contributed by atoms with E-state index in [-0.39, 0.29) is 26.1 Å². The Balaban J connectivity index is 2.48. The first kappa shape index (κ1) is 13.8. The smallest absolute Gasteiger partial charge is 0.381 e. The molecule has 1 amide bonds. The van der Waals surface area contributed by atoms with Gasteiger partial charge in [-0.2, -0.15) is 18.4 Å². The summed E-state index contributed by atoms with van der Waals surface area (Å²) in [4.78, 5) is 11.7. The predicted octanol–water partition coefficient (Wildman–Crippen LogP) is 1.38. The van der Waals surface area contributed by atoms with E-state index in [1.54, 1.807) is 0 Å². The lowest BCUT2D eigenvalue weighted by atomic mass is 9.81. The quantitative estimate of drug-likeness (QED) is 0.823. The maximum Gasteiger partial charge on any atom is 0.390 e. The van der Waals surface area contributed by atoms with Crippen LogP contribution in [0.4, 0.5) is 13.2 Å². The molecule has 1 rings (SSSR count). The van der Waals surface area contributed by atoms with E-state index < -0.39 is 30.5 Å². The molecular weight excluding hydrogens is 237 g/mol. The van der Waals surface area contributed by atoms with Crippen molar-refractivity contribution in [3.05, 3.63) is 0 Å². The minimum Gasteiger partial charge on any atom is -0.381 e. The third-order valence-corrected chi connectivity index (χ3v) is 2.69. The number of nitrogens with one attached hydrogen (secondary N) is 1. The number of halogens is 3. The molecule has 0 spiro atoms. The molecule has 0 bridgehead atoms. The van der Waals surface area contributed by atoms with Gasteiger partial charge >= 0.3 is 6.18 Å². The summed E-state index contributed by atoms with van der Waals surface area (Å²) in [5, 5.41) is 11.1. The minimum atomic E-state index is -4.30. The molecule has 1 N–H and O–H groups in total. The summed E-state index contributed by atoms with van der Waals surface area (Å²) >= 11 is 0. The van der Waals surface area contributed by atoms with Crippen LogP contribution in [0.25, 0.3) is 0 Å². The Labute approximate surface area is 96.7 Å². The number of ether oxygens (including phenoxy) is 1. The molecule has 1 saturated heterocycles. The second-order valence-electron chi connectivity index (χ2n) is 3.93. The lowest BCUT2D eigenvalue weighted by Gasteiger charge is -2.29. The summed E-state index contributed by atoms with van der Waals surface area (Å²) < 4.78 is 40.7. The van der Waals surface area contributed by atoms with E-state index in [0.29, 0.717) is 0 Å². The van der Waals surface area contributed by atoms with E-state index in [1.807, 2.05) is 6.07 Å². The summed E-state index contributed by atoms with van der Waals surface area (Å²) in [6.45, 7) is 0.0626. The molecule has 0 aromatic carbocycles. The van der Waals surface area contributed by atoms with E-state index >= 15 is 0 Å². The number of nitrogens with zero attached hydrogens (tertiary/aromatic N) is 1. The second kappa shape index (κ2) is 5.36. The monoisotopic (exact) mass is 250 g/mol. The van der Waals surface area contributed by atoms with Gasteiger partial charge in [-0.15, -0.1) is 0 Å². The van der Waals surface area contributed by atoms with Crippen LogP contribution in [0.2, 0.25) is 0 Å². The number of hydrogen-bond donors (Lipinski definition) is 1. The lowest BCUT2D eigenvalue weighted by Crippen LogP contribution is -2.44. The van der Waals surface area contributed by atoms with E-state index in [4.69, 9.17) is 10.00 Å². The van der Waals surface area contributed by atoms with E-state index in [9.17, 15) is 18.0 Å². The van der Waals surface area contributed by atoms with Gasteiger partial charge < -0.3 is 10.1 Å². The molecule has 1 heterocycles. The van der Waals surface area contributed by atoms with Crippen molar-refractivity contribution in [2.75, 3.05) is 19.8 Å². The average molecular weight is 250 g/mol. The fourth-order valence-electron chi connectivity index (χ4n) is 1.60. The molecule has 0 aliphatic carbocycles. The Morgan fingerprint density at radius 1 is 1.41 bits per heavy atom. The number of amides is 1.